The van der Waals surface area contributed by atoms with Crippen LogP contribution in [0.1, 0.15) is 16.8 Å². The maximum atomic E-state index is 12.0. The van der Waals surface area contributed by atoms with Crippen LogP contribution in [0.4, 0.5) is 5.82 Å². The Kier molecular flexibility index (Phi) is 4.25. The molecular formula is C12H17N3OS. The molecule has 0 bridgehead atoms. The molecule has 1 fully saturated rings. The third-order valence-electron chi connectivity index (χ3n) is 2.86. The van der Waals surface area contributed by atoms with Crippen LogP contribution in [0.2, 0.25) is 0 Å². The number of amides is 1. The Morgan fingerprint density at radius 1 is 1.65 bits per heavy atom. The second-order valence-corrected chi connectivity index (χ2v) is 5.24. The van der Waals surface area contributed by atoms with E-state index in [-0.39, 0.29) is 5.91 Å². The number of thioether (sulfide) groups is 1. The maximum absolute atomic E-state index is 12.0. The van der Waals surface area contributed by atoms with Gasteiger partial charge in [-0.25, -0.2) is 4.98 Å². The largest absolute Gasteiger partial charge is 0.372 e. The Bertz CT molecular complexity index is 391. The van der Waals surface area contributed by atoms with Crippen LogP contribution >= 0.6 is 11.8 Å². The van der Waals surface area contributed by atoms with Crippen molar-refractivity contribution in [3.05, 3.63) is 23.9 Å². The van der Waals surface area contributed by atoms with E-state index in [0.717, 1.165) is 12.3 Å². The van der Waals surface area contributed by atoms with Crippen molar-refractivity contribution in [3.8, 4) is 0 Å². The third-order valence-corrected chi connectivity index (χ3v) is 4.10. The molecule has 1 aromatic heterocycles. The van der Waals surface area contributed by atoms with Crippen molar-refractivity contribution in [2.75, 3.05) is 30.4 Å². The summed E-state index contributed by atoms with van der Waals surface area (Å²) in [6, 6.07) is 3.57. The molecule has 1 atom stereocenters. The summed E-state index contributed by atoms with van der Waals surface area (Å²) in [5, 5.41) is 5.91. The van der Waals surface area contributed by atoms with Gasteiger partial charge in [-0.05, 0) is 36.0 Å². The lowest BCUT2D eigenvalue weighted by molar-refractivity contribution is 0.0949. The molecule has 92 valence electrons. The van der Waals surface area contributed by atoms with E-state index in [1.54, 1.807) is 25.4 Å². The molecule has 1 amide bonds. The first-order valence-electron chi connectivity index (χ1n) is 5.80. The van der Waals surface area contributed by atoms with Gasteiger partial charge in [-0.15, -0.1) is 0 Å². The summed E-state index contributed by atoms with van der Waals surface area (Å²) < 4.78 is 0. The van der Waals surface area contributed by atoms with Crippen molar-refractivity contribution >= 4 is 23.5 Å². The summed E-state index contributed by atoms with van der Waals surface area (Å²) >= 11 is 1.96. The van der Waals surface area contributed by atoms with Crippen molar-refractivity contribution in [1.82, 2.24) is 10.3 Å². The van der Waals surface area contributed by atoms with E-state index in [1.807, 2.05) is 11.8 Å². The summed E-state index contributed by atoms with van der Waals surface area (Å²) in [7, 11) is 1.77. The Morgan fingerprint density at radius 3 is 3.24 bits per heavy atom. The van der Waals surface area contributed by atoms with E-state index in [0.29, 0.717) is 17.3 Å². The Morgan fingerprint density at radius 2 is 2.53 bits per heavy atom. The van der Waals surface area contributed by atoms with Crippen LogP contribution < -0.4 is 10.6 Å². The normalized spacial score (nSPS) is 19.0. The van der Waals surface area contributed by atoms with E-state index in [2.05, 4.69) is 15.6 Å². The molecular weight excluding hydrogens is 234 g/mol. The minimum Gasteiger partial charge on any atom is -0.372 e. The Labute approximate surface area is 106 Å². The molecule has 4 nitrogen and oxygen atoms in total. The van der Waals surface area contributed by atoms with Crippen molar-refractivity contribution in [2.45, 2.75) is 6.42 Å². The van der Waals surface area contributed by atoms with Gasteiger partial charge >= 0.3 is 0 Å². The van der Waals surface area contributed by atoms with Crippen LogP contribution in [-0.4, -0.2) is 36.0 Å². The summed E-state index contributed by atoms with van der Waals surface area (Å²) in [4.78, 5) is 16.1. The number of hydrogen-bond acceptors (Lipinski definition) is 4. The monoisotopic (exact) mass is 251 g/mol. The number of nitrogens with one attached hydrogen (secondary N) is 2. The lowest BCUT2D eigenvalue weighted by atomic mass is 10.1. The summed E-state index contributed by atoms with van der Waals surface area (Å²) in [6.45, 7) is 0.768. The molecule has 0 radical (unpaired) electrons. The smallest absolute Gasteiger partial charge is 0.255 e. The lowest BCUT2D eigenvalue weighted by Crippen LogP contribution is -2.29. The van der Waals surface area contributed by atoms with E-state index in [9.17, 15) is 4.79 Å². The SMILES string of the molecule is CNc1ncccc1C(=O)NCC1CCSC1. The number of hydrogen-bond donors (Lipinski definition) is 2. The van der Waals surface area contributed by atoms with Crippen LogP contribution in [0.3, 0.4) is 0 Å². The maximum Gasteiger partial charge on any atom is 0.255 e. The van der Waals surface area contributed by atoms with Gasteiger partial charge in [0.05, 0.1) is 5.56 Å². The zero-order chi connectivity index (χ0) is 12.1. The van der Waals surface area contributed by atoms with E-state index >= 15 is 0 Å². The molecule has 0 aliphatic carbocycles. The number of anilines is 1. The standard InChI is InChI=1S/C12H17N3OS/c1-13-11-10(3-2-5-14-11)12(16)15-7-9-4-6-17-8-9/h2-3,5,9H,4,6-8H2,1H3,(H,13,14)(H,15,16). The van der Waals surface area contributed by atoms with Gasteiger partial charge in [0.15, 0.2) is 0 Å². The highest BCUT2D eigenvalue weighted by Gasteiger charge is 2.17. The Hall–Kier alpha value is -1.23. The lowest BCUT2D eigenvalue weighted by Gasteiger charge is -2.11. The van der Waals surface area contributed by atoms with Crippen molar-refractivity contribution in [2.24, 2.45) is 5.92 Å². The van der Waals surface area contributed by atoms with Crippen LogP contribution in [0.5, 0.6) is 0 Å². The highest BCUT2D eigenvalue weighted by Crippen LogP contribution is 2.22. The first-order valence-corrected chi connectivity index (χ1v) is 6.95. The first-order chi connectivity index (χ1) is 8.31. The van der Waals surface area contributed by atoms with Crippen molar-refractivity contribution in [1.29, 1.82) is 0 Å². The first kappa shape index (κ1) is 12.2. The highest BCUT2D eigenvalue weighted by molar-refractivity contribution is 7.99. The zero-order valence-corrected chi connectivity index (χ0v) is 10.7. The van der Waals surface area contributed by atoms with Crippen molar-refractivity contribution < 1.29 is 4.79 Å². The molecule has 0 spiro atoms. The fraction of sp³-hybridized carbons (Fsp3) is 0.500. The third kappa shape index (κ3) is 3.12. The second kappa shape index (κ2) is 5.91. The molecule has 2 N–H and O–H groups in total. The van der Waals surface area contributed by atoms with Gasteiger partial charge in [-0.3, -0.25) is 4.79 Å². The predicted octanol–water partition coefficient (Wildman–Crippen LogP) is 1.61. The van der Waals surface area contributed by atoms with Crippen LogP contribution in [0, 0.1) is 5.92 Å². The number of aromatic nitrogens is 1. The predicted molar refractivity (Wildman–Crippen MR) is 71.5 cm³/mol. The average Bonchev–Trinajstić information content (AvgIpc) is 2.89. The zero-order valence-electron chi connectivity index (χ0n) is 9.90. The Balaban J connectivity index is 1.94. The number of pyridine rings is 1. The fourth-order valence-corrected chi connectivity index (χ4v) is 3.15. The van der Waals surface area contributed by atoms with Gasteiger partial charge in [0, 0.05) is 19.8 Å². The van der Waals surface area contributed by atoms with Gasteiger partial charge in [-0.1, -0.05) is 0 Å². The van der Waals surface area contributed by atoms with Gasteiger partial charge in [0.25, 0.3) is 5.91 Å². The number of nitrogens with zero attached hydrogens (tertiary/aromatic N) is 1. The minimum absolute atomic E-state index is 0.0423. The molecule has 1 aromatic rings. The summed E-state index contributed by atoms with van der Waals surface area (Å²) in [6.07, 6.45) is 2.88. The quantitative estimate of drug-likeness (QED) is 0.853. The number of carbonyl (C=O) groups excluding carboxylic acids is 1. The molecule has 1 saturated heterocycles. The van der Waals surface area contributed by atoms with E-state index < -0.39 is 0 Å². The second-order valence-electron chi connectivity index (χ2n) is 4.09. The topological polar surface area (TPSA) is 54.0 Å². The van der Waals surface area contributed by atoms with Crippen LogP contribution in [0.15, 0.2) is 18.3 Å². The average molecular weight is 251 g/mol. The number of rotatable bonds is 4. The molecule has 17 heavy (non-hydrogen) atoms. The fourth-order valence-electron chi connectivity index (χ4n) is 1.86. The van der Waals surface area contributed by atoms with Gasteiger partial charge in [-0.2, -0.15) is 11.8 Å². The molecule has 5 heteroatoms. The molecule has 1 aliphatic heterocycles. The molecule has 2 rings (SSSR count). The summed E-state index contributed by atoms with van der Waals surface area (Å²) in [5.41, 5.74) is 0.612. The highest BCUT2D eigenvalue weighted by atomic mass is 32.2. The van der Waals surface area contributed by atoms with Crippen LogP contribution in [-0.2, 0) is 0 Å². The van der Waals surface area contributed by atoms with E-state index in [4.69, 9.17) is 0 Å². The molecule has 2 heterocycles. The molecule has 0 saturated carbocycles. The van der Waals surface area contributed by atoms with Gasteiger partial charge in [0.2, 0.25) is 0 Å². The molecule has 1 unspecified atom stereocenters. The van der Waals surface area contributed by atoms with Gasteiger partial charge in [0.1, 0.15) is 5.82 Å². The van der Waals surface area contributed by atoms with Crippen molar-refractivity contribution in [3.63, 3.8) is 0 Å². The number of carbonyl (C=O) groups is 1. The van der Waals surface area contributed by atoms with Gasteiger partial charge < -0.3 is 10.6 Å². The van der Waals surface area contributed by atoms with E-state index in [1.165, 1.54) is 12.2 Å². The van der Waals surface area contributed by atoms with Crippen LogP contribution in [0.25, 0.3) is 0 Å². The summed E-state index contributed by atoms with van der Waals surface area (Å²) in [5.74, 6) is 3.59. The molecule has 0 aromatic carbocycles. The molecule has 1 aliphatic rings. The minimum atomic E-state index is -0.0423.